The van der Waals surface area contributed by atoms with E-state index in [1.165, 1.54) is 0 Å². The normalized spacial score (nSPS) is 17.4. The molecule has 0 saturated heterocycles. The first kappa shape index (κ1) is 46.1. The first-order valence-corrected chi connectivity index (χ1v) is 14.6. The molecule has 284 valence electrons. The standard InChI is InChI=1S/C14Cl3F29Si/c15-47(16,17)14(45,46)12(40,41)10(36,37)8(32,33)6(28,29)4(24,25)2(20,21)1(18,19)3(22,23)5(26,27)7(30,31)9(34,35)11(38,39)13(42,43)44. The summed E-state index contributed by atoms with van der Waals surface area (Å²) in [7, 11) is 0. The molecule has 0 heterocycles. The number of halogens is 32. The van der Waals surface area contributed by atoms with Gasteiger partial charge in [0.15, 0.2) is 0 Å². The summed E-state index contributed by atoms with van der Waals surface area (Å²) in [6, 6.07) is -7.10. The van der Waals surface area contributed by atoms with Crippen molar-refractivity contribution < 1.29 is 127 Å². The molecule has 33 heteroatoms. The molecular weight excluding hydrogens is 854 g/mol. The lowest BCUT2D eigenvalue weighted by atomic mass is 9.84. The highest BCUT2D eigenvalue weighted by atomic mass is 35.8. The Kier molecular flexibility index (Phi) is 10.8. The Morgan fingerprint density at radius 1 is 0.213 bits per heavy atom. The van der Waals surface area contributed by atoms with Crippen LogP contribution in [-0.4, -0.2) is 88.8 Å². The third-order valence-electron chi connectivity index (χ3n) is 5.44. The maximum atomic E-state index is 13.7. The van der Waals surface area contributed by atoms with Crippen LogP contribution in [0.5, 0.6) is 0 Å². The molecule has 0 fully saturated rings. The smallest absolute Gasteiger partial charge is 0.200 e. The zero-order valence-corrected chi connectivity index (χ0v) is 22.9. The molecule has 0 amide bonds. The van der Waals surface area contributed by atoms with Crippen molar-refractivity contribution in [3.8, 4) is 0 Å². The largest absolute Gasteiger partial charge is 0.460 e. The summed E-state index contributed by atoms with van der Waals surface area (Å²) in [6.45, 7) is 0. The molecule has 0 aliphatic rings. The van der Waals surface area contributed by atoms with Crippen LogP contribution in [0.25, 0.3) is 0 Å². The Balaban J connectivity index is 7.61. The highest BCUT2D eigenvalue weighted by Crippen LogP contribution is 2.69. The van der Waals surface area contributed by atoms with Crippen molar-refractivity contribution in [1.29, 1.82) is 0 Å². The molecule has 0 saturated carbocycles. The molecule has 0 aromatic carbocycles. The van der Waals surface area contributed by atoms with Crippen molar-refractivity contribution in [2.75, 3.05) is 0 Å². The number of hydrogen-bond donors (Lipinski definition) is 0. The Bertz CT molecular complexity index is 1070. The highest BCUT2D eigenvalue weighted by Gasteiger charge is 3.01. The average Bonchev–Trinajstić information content (AvgIpc) is 2.80. The molecule has 0 atom stereocenters. The van der Waals surface area contributed by atoms with E-state index in [1.807, 2.05) is 0 Å². The molecule has 0 radical (unpaired) electrons. The number of alkyl halides is 29. The van der Waals surface area contributed by atoms with Crippen molar-refractivity contribution in [2.24, 2.45) is 0 Å². The molecule has 0 nitrogen and oxygen atoms in total. The quantitative estimate of drug-likeness (QED) is 0.0984. The fourth-order valence-electron chi connectivity index (χ4n) is 2.52. The van der Waals surface area contributed by atoms with E-state index >= 15 is 0 Å². The third kappa shape index (κ3) is 5.34. The summed E-state index contributed by atoms with van der Waals surface area (Å²) >= 11 is 12.4. The van der Waals surface area contributed by atoms with E-state index in [0.717, 1.165) is 0 Å². The molecule has 0 unspecified atom stereocenters. The molecule has 0 aromatic heterocycles. The number of hydrogen-bond acceptors (Lipinski definition) is 0. The average molecular weight is 854 g/mol. The van der Waals surface area contributed by atoms with Gasteiger partial charge in [0.1, 0.15) is 0 Å². The van der Waals surface area contributed by atoms with Crippen LogP contribution < -0.4 is 0 Å². The van der Waals surface area contributed by atoms with Crippen LogP contribution in [0.3, 0.4) is 0 Å². The second-order valence-corrected chi connectivity index (χ2v) is 16.9. The van der Waals surface area contributed by atoms with Crippen molar-refractivity contribution >= 4 is 39.2 Å². The van der Waals surface area contributed by atoms with Crippen molar-refractivity contribution in [3.63, 3.8) is 0 Å². The lowest BCUT2D eigenvalue weighted by molar-refractivity contribution is -0.486. The van der Waals surface area contributed by atoms with E-state index in [1.54, 1.807) is 0 Å². The second kappa shape index (κ2) is 11.0. The van der Waals surface area contributed by atoms with Gasteiger partial charge in [0.05, 0.1) is 0 Å². The third-order valence-corrected chi connectivity index (χ3v) is 8.61. The predicted molar refractivity (Wildman–Crippen MR) is 93.7 cm³/mol. The summed E-state index contributed by atoms with van der Waals surface area (Å²) in [4.78, 5) is 0. The van der Waals surface area contributed by atoms with Crippen LogP contribution in [0.15, 0.2) is 0 Å². The van der Waals surface area contributed by atoms with Gasteiger partial charge >= 0.3 is 88.8 Å². The molecule has 0 aliphatic carbocycles. The summed E-state index contributed by atoms with van der Waals surface area (Å²) in [6.07, 6.45) is -8.30. The molecule has 0 bridgehead atoms. The molecule has 0 rings (SSSR count). The van der Waals surface area contributed by atoms with Gasteiger partial charge < -0.3 is 0 Å². The predicted octanol–water partition coefficient (Wildman–Crippen LogP) is 11.0. The van der Waals surface area contributed by atoms with Crippen molar-refractivity contribution in [2.45, 2.75) is 82.8 Å². The summed E-state index contributed by atoms with van der Waals surface area (Å²) in [5.41, 5.74) is -7.43. The Labute approximate surface area is 250 Å². The van der Waals surface area contributed by atoms with Gasteiger partial charge in [-0.2, -0.15) is 127 Å². The molecule has 47 heavy (non-hydrogen) atoms. The maximum absolute atomic E-state index is 13.7. The van der Waals surface area contributed by atoms with Crippen LogP contribution in [-0.2, 0) is 0 Å². The van der Waals surface area contributed by atoms with Gasteiger partial charge in [-0.3, -0.25) is 0 Å². The minimum atomic E-state index is -9.97. The topological polar surface area (TPSA) is 0 Å². The van der Waals surface area contributed by atoms with E-state index in [9.17, 15) is 127 Å². The van der Waals surface area contributed by atoms with Crippen LogP contribution in [0.4, 0.5) is 127 Å². The monoisotopic (exact) mass is 852 g/mol. The molecule has 0 aliphatic heterocycles. The fourth-order valence-corrected chi connectivity index (χ4v) is 4.11. The first-order chi connectivity index (χ1) is 19.5. The van der Waals surface area contributed by atoms with E-state index in [-0.39, 0.29) is 0 Å². The van der Waals surface area contributed by atoms with E-state index in [0.29, 0.717) is 0 Å². The van der Waals surface area contributed by atoms with Gasteiger partial charge in [0.25, 0.3) is 0 Å². The van der Waals surface area contributed by atoms with Crippen LogP contribution in [0.2, 0.25) is 0 Å². The Morgan fingerprint density at radius 2 is 0.340 bits per heavy atom. The minimum absolute atomic E-state index is 4.15. The molecule has 0 N–H and O–H groups in total. The lowest BCUT2D eigenvalue weighted by Crippen LogP contribution is -2.79. The lowest BCUT2D eigenvalue weighted by Gasteiger charge is -2.46. The maximum Gasteiger partial charge on any atom is 0.460 e. The van der Waals surface area contributed by atoms with Gasteiger partial charge in [-0.05, 0) is 0 Å². The van der Waals surface area contributed by atoms with E-state index in [4.69, 9.17) is 0 Å². The molecule has 0 spiro atoms. The minimum Gasteiger partial charge on any atom is -0.200 e. The Morgan fingerprint density at radius 3 is 0.468 bits per heavy atom. The SMILES string of the molecule is FC(F)(F)C(F)(F)C(F)(F)C(F)(F)C(F)(F)C(F)(F)C(F)(F)C(F)(F)C(F)(F)C(F)(F)C(F)(F)C(F)(F)C(F)(F)C(F)(F)[Si](Cl)(Cl)Cl. The van der Waals surface area contributed by atoms with E-state index < -0.39 is 88.8 Å². The Hall–Kier alpha value is -0.943. The van der Waals surface area contributed by atoms with E-state index in [2.05, 4.69) is 33.2 Å². The zero-order chi connectivity index (χ0) is 39.5. The molecular formula is C14Cl3F29Si. The van der Waals surface area contributed by atoms with Gasteiger partial charge in [0, 0.05) is 0 Å². The summed E-state index contributed by atoms with van der Waals surface area (Å²) < 4.78 is 387. The van der Waals surface area contributed by atoms with Crippen molar-refractivity contribution in [1.82, 2.24) is 0 Å². The van der Waals surface area contributed by atoms with Gasteiger partial charge in [-0.15, -0.1) is 33.2 Å². The zero-order valence-electron chi connectivity index (χ0n) is 19.6. The first-order valence-electron chi connectivity index (χ1n) is 9.55. The summed E-state index contributed by atoms with van der Waals surface area (Å²) in [5.74, 6) is -114. The number of rotatable bonds is 13. The van der Waals surface area contributed by atoms with Crippen LogP contribution in [0.1, 0.15) is 0 Å². The van der Waals surface area contributed by atoms with Gasteiger partial charge in [0.2, 0.25) is 0 Å². The van der Waals surface area contributed by atoms with Crippen molar-refractivity contribution in [3.05, 3.63) is 0 Å². The highest BCUT2D eigenvalue weighted by molar-refractivity contribution is 7.65. The van der Waals surface area contributed by atoms with Crippen LogP contribution >= 0.6 is 33.2 Å². The molecule has 0 aromatic rings. The van der Waals surface area contributed by atoms with Crippen LogP contribution in [0, 0.1) is 0 Å². The van der Waals surface area contributed by atoms with Gasteiger partial charge in [-0.1, -0.05) is 0 Å². The van der Waals surface area contributed by atoms with Gasteiger partial charge in [-0.25, -0.2) is 0 Å². The second-order valence-electron chi connectivity index (χ2n) is 8.46. The fraction of sp³-hybridized carbons (Fsp3) is 1.00. The summed E-state index contributed by atoms with van der Waals surface area (Å²) in [5, 5.41) is 0.